The van der Waals surface area contributed by atoms with Crippen molar-refractivity contribution in [3.05, 3.63) is 53.6 Å². The van der Waals surface area contributed by atoms with Crippen molar-refractivity contribution in [1.29, 1.82) is 0 Å². The van der Waals surface area contributed by atoms with Crippen molar-refractivity contribution in [2.24, 2.45) is 0 Å². The first-order valence-electron chi connectivity index (χ1n) is 9.23. The minimum Gasteiger partial charge on any atom is -0.486 e. The van der Waals surface area contributed by atoms with Crippen LogP contribution in [0.5, 0.6) is 11.5 Å². The van der Waals surface area contributed by atoms with Crippen molar-refractivity contribution in [2.75, 3.05) is 26.3 Å². The molecule has 0 atom stereocenters. The molecule has 1 heterocycles. The highest BCUT2D eigenvalue weighted by atomic mass is 32.2. The van der Waals surface area contributed by atoms with Gasteiger partial charge in [0.25, 0.3) is 0 Å². The maximum Gasteiger partial charge on any atom is 0.243 e. The fourth-order valence-electron chi connectivity index (χ4n) is 3.04. The number of sulfonamides is 1. The molecule has 0 bridgehead atoms. The molecule has 146 valence electrons. The summed E-state index contributed by atoms with van der Waals surface area (Å²) in [4.78, 5) is 0.335. The molecule has 0 unspecified atom stereocenters. The lowest BCUT2D eigenvalue weighted by molar-refractivity contribution is 0.171. The Morgan fingerprint density at radius 3 is 2.15 bits per heavy atom. The van der Waals surface area contributed by atoms with E-state index in [0.29, 0.717) is 44.3 Å². The Morgan fingerprint density at radius 2 is 1.48 bits per heavy atom. The SMILES string of the molecule is CCN(CC)S(=O)(=O)c1ccc(CNCc2ccc3c(c2)OCCO3)cc1. The smallest absolute Gasteiger partial charge is 0.243 e. The Morgan fingerprint density at radius 1 is 0.889 bits per heavy atom. The Bertz CT molecular complexity index is 862. The summed E-state index contributed by atoms with van der Waals surface area (Å²) < 4.78 is 37.6. The number of fused-ring (bicyclic) bond motifs is 1. The van der Waals surface area contributed by atoms with Crippen LogP contribution in [0.15, 0.2) is 47.4 Å². The lowest BCUT2D eigenvalue weighted by Gasteiger charge is -2.19. The molecular weight excluding hydrogens is 364 g/mol. The van der Waals surface area contributed by atoms with Gasteiger partial charge < -0.3 is 14.8 Å². The van der Waals surface area contributed by atoms with Gasteiger partial charge in [-0.25, -0.2) is 8.42 Å². The highest BCUT2D eigenvalue weighted by Crippen LogP contribution is 2.30. The van der Waals surface area contributed by atoms with E-state index in [-0.39, 0.29) is 0 Å². The second-order valence-electron chi connectivity index (χ2n) is 6.31. The van der Waals surface area contributed by atoms with Crippen LogP contribution in [-0.2, 0) is 23.1 Å². The van der Waals surface area contributed by atoms with Crippen molar-refractivity contribution in [3.63, 3.8) is 0 Å². The van der Waals surface area contributed by atoms with Crippen LogP contribution < -0.4 is 14.8 Å². The van der Waals surface area contributed by atoms with Gasteiger partial charge in [-0.1, -0.05) is 32.0 Å². The molecule has 0 aromatic heterocycles. The molecule has 0 aliphatic carbocycles. The second kappa shape index (κ2) is 8.73. The monoisotopic (exact) mass is 390 g/mol. The molecule has 7 heteroatoms. The third-order valence-corrected chi connectivity index (χ3v) is 6.60. The number of ether oxygens (including phenoxy) is 2. The Labute approximate surface area is 161 Å². The zero-order valence-corrected chi connectivity index (χ0v) is 16.6. The van der Waals surface area contributed by atoms with Crippen LogP contribution in [0.4, 0.5) is 0 Å². The number of nitrogens with one attached hydrogen (secondary N) is 1. The van der Waals surface area contributed by atoms with Gasteiger partial charge in [-0.15, -0.1) is 0 Å². The second-order valence-corrected chi connectivity index (χ2v) is 8.25. The van der Waals surface area contributed by atoms with Gasteiger partial charge in [0, 0.05) is 26.2 Å². The van der Waals surface area contributed by atoms with Crippen LogP contribution in [0.1, 0.15) is 25.0 Å². The molecular formula is C20H26N2O4S. The quantitative estimate of drug-likeness (QED) is 0.751. The fraction of sp³-hybridized carbons (Fsp3) is 0.400. The van der Waals surface area contributed by atoms with Gasteiger partial charge in [0.1, 0.15) is 13.2 Å². The van der Waals surface area contributed by atoms with E-state index in [0.717, 1.165) is 22.6 Å². The normalized spacial score (nSPS) is 13.7. The highest BCUT2D eigenvalue weighted by molar-refractivity contribution is 7.89. The molecule has 0 radical (unpaired) electrons. The summed E-state index contributed by atoms with van der Waals surface area (Å²) in [5.74, 6) is 1.57. The van der Waals surface area contributed by atoms with Gasteiger partial charge in [-0.3, -0.25) is 0 Å². The molecule has 0 saturated carbocycles. The van der Waals surface area contributed by atoms with Gasteiger partial charge in [-0.2, -0.15) is 4.31 Å². The first-order valence-corrected chi connectivity index (χ1v) is 10.7. The minimum atomic E-state index is -3.40. The molecule has 2 aromatic carbocycles. The largest absolute Gasteiger partial charge is 0.486 e. The number of rotatable bonds is 8. The van der Waals surface area contributed by atoms with E-state index < -0.39 is 10.0 Å². The third kappa shape index (κ3) is 4.61. The van der Waals surface area contributed by atoms with Crippen LogP contribution in [0, 0.1) is 0 Å². The predicted molar refractivity (Wildman–Crippen MR) is 105 cm³/mol. The van der Waals surface area contributed by atoms with Gasteiger partial charge in [0.2, 0.25) is 10.0 Å². The van der Waals surface area contributed by atoms with Crippen LogP contribution in [0.3, 0.4) is 0 Å². The van der Waals surface area contributed by atoms with E-state index in [4.69, 9.17) is 9.47 Å². The van der Waals surface area contributed by atoms with Crippen LogP contribution in [0.2, 0.25) is 0 Å². The number of nitrogens with zero attached hydrogens (tertiary/aromatic N) is 1. The van der Waals surface area contributed by atoms with E-state index in [1.807, 2.05) is 44.2 Å². The standard InChI is InChI=1S/C20H26N2O4S/c1-3-22(4-2)27(23,24)18-8-5-16(6-9-18)14-21-15-17-7-10-19-20(13-17)26-12-11-25-19/h5-10,13,21H,3-4,11-12,14-15H2,1-2H3. The summed E-state index contributed by atoms with van der Waals surface area (Å²) >= 11 is 0. The number of hydrogen-bond donors (Lipinski definition) is 1. The van der Waals surface area contributed by atoms with Gasteiger partial charge in [0.05, 0.1) is 4.90 Å². The van der Waals surface area contributed by atoms with E-state index in [9.17, 15) is 8.42 Å². The van der Waals surface area contributed by atoms with E-state index in [1.165, 1.54) is 4.31 Å². The maximum atomic E-state index is 12.5. The van der Waals surface area contributed by atoms with Crippen molar-refractivity contribution < 1.29 is 17.9 Å². The summed E-state index contributed by atoms with van der Waals surface area (Å²) in [6.07, 6.45) is 0. The van der Waals surface area contributed by atoms with Gasteiger partial charge in [0.15, 0.2) is 11.5 Å². The maximum absolute atomic E-state index is 12.5. The van der Waals surface area contributed by atoms with E-state index in [2.05, 4.69) is 5.32 Å². The molecule has 0 saturated heterocycles. The Hall–Kier alpha value is -2.09. The topological polar surface area (TPSA) is 67.9 Å². The van der Waals surface area contributed by atoms with Gasteiger partial charge >= 0.3 is 0 Å². The molecule has 1 N–H and O–H groups in total. The fourth-order valence-corrected chi connectivity index (χ4v) is 4.50. The number of benzene rings is 2. The van der Waals surface area contributed by atoms with Crippen LogP contribution >= 0.6 is 0 Å². The Balaban J connectivity index is 1.58. The van der Waals surface area contributed by atoms with Crippen LogP contribution in [-0.4, -0.2) is 39.0 Å². The molecule has 0 spiro atoms. The minimum absolute atomic E-state index is 0.335. The molecule has 0 fully saturated rings. The average molecular weight is 391 g/mol. The number of hydrogen-bond acceptors (Lipinski definition) is 5. The van der Waals surface area contributed by atoms with Gasteiger partial charge in [-0.05, 0) is 35.4 Å². The lowest BCUT2D eigenvalue weighted by atomic mass is 10.2. The van der Waals surface area contributed by atoms with Crippen LogP contribution in [0.25, 0.3) is 0 Å². The predicted octanol–water partition coefficient (Wildman–Crippen LogP) is 2.78. The van der Waals surface area contributed by atoms with E-state index >= 15 is 0 Å². The molecule has 1 aliphatic heterocycles. The zero-order chi connectivity index (χ0) is 19.3. The molecule has 27 heavy (non-hydrogen) atoms. The highest BCUT2D eigenvalue weighted by Gasteiger charge is 2.21. The van der Waals surface area contributed by atoms with Crippen molar-refractivity contribution >= 4 is 10.0 Å². The lowest BCUT2D eigenvalue weighted by Crippen LogP contribution is -2.30. The zero-order valence-electron chi connectivity index (χ0n) is 15.8. The first-order chi connectivity index (χ1) is 13.0. The molecule has 0 amide bonds. The summed E-state index contributed by atoms with van der Waals surface area (Å²) in [6, 6.07) is 13.0. The molecule has 6 nitrogen and oxygen atoms in total. The van der Waals surface area contributed by atoms with E-state index in [1.54, 1.807) is 12.1 Å². The van der Waals surface area contributed by atoms with Crippen molar-refractivity contribution in [1.82, 2.24) is 9.62 Å². The Kier molecular flexibility index (Phi) is 6.36. The average Bonchev–Trinajstić information content (AvgIpc) is 2.69. The summed E-state index contributed by atoms with van der Waals surface area (Å²) in [6.45, 7) is 7.14. The molecule has 3 rings (SSSR count). The summed E-state index contributed by atoms with van der Waals surface area (Å²) in [5, 5.41) is 3.37. The van der Waals surface area contributed by atoms with Crippen molar-refractivity contribution in [2.45, 2.75) is 31.8 Å². The molecule has 2 aromatic rings. The molecule has 1 aliphatic rings. The summed E-state index contributed by atoms with van der Waals surface area (Å²) in [5.41, 5.74) is 2.14. The first kappa shape index (κ1) is 19.7. The summed E-state index contributed by atoms with van der Waals surface area (Å²) in [7, 11) is -3.40. The van der Waals surface area contributed by atoms with Crippen molar-refractivity contribution in [3.8, 4) is 11.5 Å². The third-order valence-electron chi connectivity index (χ3n) is 4.53.